The van der Waals surface area contributed by atoms with Crippen molar-refractivity contribution in [3.63, 3.8) is 0 Å². The van der Waals surface area contributed by atoms with Gasteiger partial charge in [0.2, 0.25) is 0 Å². The fourth-order valence-electron chi connectivity index (χ4n) is 3.18. The molecule has 1 N–H and O–H groups in total. The number of benzene rings is 2. The summed E-state index contributed by atoms with van der Waals surface area (Å²) in [5.74, 6) is -3.39. The highest BCUT2D eigenvalue weighted by Crippen LogP contribution is 2.39. The highest BCUT2D eigenvalue weighted by Gasteiger charge is 2.45. The van der Waals surface area contributed by atoms with Crippen molar-refractivity contribution in [2.45, 2.75) is 19.4 Å². The van der Waals surface area contributed by atoms with E-state index in [1.165, 1.54) is 0 Å². The van der Waals surface area contributed by atoms with Crippen molar-refractivity contribution < 1.29 is 24.6 Å². The number of likely N-dealkylation sites (tertiary alicyclic amines) is 1. The summed E-state index contributed by atoms with van der Waals surface area (Å²) in [5.41, 5.74) is 1.82. The molecule has 1 heterocycles. The molecule has 28 heavy (non-hydrogen) atoms. The minimum absolute atomic E-state index is 0.0884. The average Bonchev–Trinajstić information content (AvgIpc) is 2.91. The molecule has 0 unspecified atom stereocenters. The first-order chi connectivity index (χ1) is 13.3. The third-order valence-electron chi connectivity index (χ3n) is 4.61. The summed E-state index contributed by atoms with van der Waals surface area (Å²) < 4.78 is 0. The number of aliphatic hydroxyl groups is 1. The van der Waals surface area contributed by atoms with Crippen molar-refractivity contribution >= 4 is 35.0 Å². The van der Waals surface area contributed by atoms with Crippen LogP contribution in [0.15, 0.2) is 54.1 Å². The maximum Gasteiger partial charge on any atom is 0.295 e. The number of ketones is 1. The number of carboxylic acids is 1. The van der Waals surface area contributed by atoms with Crippen LogP contribution in [0.2, 0.25) is 5.02 Å². The van der Waals surface area contributed by atoms with Crippen molar-refractivity contribution in [1.82, 2.24) is 4.90 Å². The lowest BCUT2D eigenvalue weighted by Gasteiger charge is -2.25. The molecule has 3 rings (SSSR count). The first-order valence-corrected chi connectivity index (χ1v) is 8.98. The van der Waals surface area contributed by atoms with Crippen molar-refractivity contribution in [3.05, 3.63) is 75.8 Å². The Morgan fingerprint density at radius 1 is 1.11 bits per heavy atom. The van der Waals surface area contributed by atoms with Crippen LogP contribution < -0.4 is 5.11 Å². The second-order valence-corrected chi connectivity index (χ2v) is 6.97. The zero-order chi connectivity index (χ0) is 20.4. The molecule has 0 bridgehead atoms. The summed E-state index contributed by atoms with van der Waals surface area (Å²) in [7, 11) is 0. The molecule has 1 aliphatic rings. The Hall–Kier alpha value is -3.12. The van der Waals surface area contributed by atoms with Crippen LogP contribution in [0.25, 0.3) is 5.76 Å². The number of carbonyl (C=O) groups excluding carboxylic acids is 3. The van der Waals surface area contributed by atoms with E-state index in [2.05, 4.69) is 0 Å². The van der Waals surface area contributed by atoms with E-state index in [0.717, 1.165) is 10.5 Å². The number of amides is 1. The molecule has 0 aromatic heterocycles. The number of carboxylic acid groups (broad SMARTS) is 1. The number of halogens is 1. The first-order valence-electron chi connectivity index (χ1n) is 8.60. The molecule has 0 aliphatic carbocycles. The number of nitrogens with zero attached hydrogens (tertiary/aromatic N) is 1. The molecule has 1 atom stereocenters. The van der Waals surface area contributed by atoms with Crippen molar-refractivity contribution in [1.29, 1.82) is 0 Å². The summed E-state index contributed by atoms with van der Waals surface area (Å²) in [5, 5.41) is 22.1. The van der Waals surface area contributed by atoms with Crippen LogP contribution in [0.5, 0.6) is 0 Å². The van der Waals surface area contributed by atoms with Crippen molar-refractivity contribution in [3.8, 4) is 0 Å². The molecule has 2 aromatic carbocycles. The fraction of sp³-hybridized carbons (Fsp3) is 0.190. The number of hydrogen-bond acceptors (Lipinski definition) is 5. The maximum absolute atomic E-state index is 12.7. The van der Waals surface area contributed by atoms with Gasteiger partial charge < -0.3 is 19.9 Å². The van der Waals surface area contributed by atoms with Crippen LogP contribution in [0, 0.1) is 6.92 Å². The molecule has 1 fully saturated rings. The molecule has 2 aromatic rings. The number of aryl methyl sites for hydroxylation is 1. The second kappa shape index (κ2) is 7.86. The number of rotatable bonds is 5. The van der Waals surface area contributed by atoms with E-state index < -0.39 is 30.1 Å². The van der Waals surface area contributed by atoms with Gasteiger partial charge in [0, 0.05) is 29.5 Å². The van der Waals surface area contributed by atoms with Crippen LogP contribution in [0.3, 0.4) is 0 Å². The zero-order valence-corrected chi connectivity index (χ0v) is 15.8. The smallest absolute Gasteiger partial charge is 0.295 e. The largest absolute Gasteiger partial charge is 0.550 e. The molecule has 7 heteroatoms. The Morgan fingerprint density at radius 3 is 2.29 bits per heavy atom. The van der Waals surface area contributed by atoms with Crippen LogP contribution in [0.4, 0.5) is 0 Å². The summed E-state index contributed by atoms with van der Waals surface area (Å²) >= 11 is 5.87. The predicted octanol–water partition coefficient (Wildman–Crippen LogP) is 2.21. The van der Waals surface area contributed by atoms with E-state index in [9.17, 15) is 24.6 Å². The molecule has 1 amide bonds. The minimum Gasteiger partial charge on any atom is -0.550 e. The Morgan fingerprint density at radius 2 is 1.71 bits per heavy atom. The maximum atomic E-state index is 12.7. The number of Topliss-reactive ketones (excluding diaryl/α,β-unsaturated/α-hetero) is 1. The Kier molecular flexibility index (Phi) is 5.51. The van der Waals surface area contributed by atoms with E-state index in [-0.39, 0.29) is 17.9 Å². The van der Waals surface area contributed by atoms with Crippen LogP contribution in [0.1, 0.15) is 29.2 Å². The minimum atomic E-state index is -1.33. The van der Waals surface area contributed by atoms with Crippen molar-refractivity contribution in [2.75, 3.05) is 6.54 Å². The second-order valence-electron chi connectivity index (χ2n) is 6.53. The molecule has 0 saturated carbocycles. The van der Waals surface area contributed by atoms with Crippen LogP contribution in [-0.2, 0) is 14.4 Å². The summed E-state index contributed by atoms with van der Waals surface area (Å²) in [6.07, 6.45) is -0.420. The van der Waals surface area contributed by atoms with Crippen LogP contribution >= 0.6 is 11.6 Å². The van der Waals surface area contributed by atoms with Gasteiger partial charge in [0.25, 0.3) is 11.7 Å². The molecule has 0 spiro atoms. The van der Waals surface area contributed by atoms with E-state index in [1.54, 1.807) is 36.4 Å². The van der Waals surface area contributed by atoms with Gasteiger partial charge in [0.1, 0.15) is 5.76 Å². The summed E-state index contributed by atoms with van der Waals surface area (Å²) in [6, 6.07) is 12.4. The average molecular weight is 399 g/mol. The van der Waals surface area contributed by atoms with Gasteiger partial charge in [0.15, 0.2) is 0 Å². The molecule has 6 nitrogen and oxygen atoms in total. The van der Waals surface area contributed by atoms with Gasteiger partial charge in [-0.1, -0.05) is 41.4 Å². The van der Waals surface area contributed by atoms with Gasteiger partial charge in [-0.3, -0.25) is 9.59 Å². The fourth-order valence-corrected chi connectivity index (χ4v) is 3.31. The Bertz CT molecular complexity index is 963. The summed E-state index contributed by atoms with van der Waals surface area (Å²) in [6.45, 7) is 1.69. The molecule has 1 saturated heterocycles. The van der Waals surface area contributed by atoms with E-state index in [1.807, 2.05) is 19.1 Å². The molecular formula is C21H17ClNO5-. The zero-order valence-electron chi connectivity index (χ0n) is 15.0. The SMILES string of the molecule is Cc1ccc([C@H]2C(=C(O)c3ccc(Cl)cc3)C(=O)C(=O)N2CCC(=O)[O-])cc1. The quantitative estimate of drug-likeness (QED) is 0.473. The van der Waals surface area contributed by atoms with Gasteiger partial charge in [0.05, 0.1) is 11.6 Å². The molecule has 144 valence electrons. The normalized spacial score (nSPS) is 18.5. The van der Waals surface area contributed by atoms with Crippen LogP contribution in [-0.4, -0.2) is 34.2 Å². The lowest BCUT2D eigenvalue weighted by atomic mass is 9.94. The number of aliphatic hydroxyl groups excluding tert-OH is 1. The van der Waals surface area contributed by atoms with Gasteiger partial charge in [-0.25, -0.2) is 0 Å². The Balaban J connectivity index is 2.14. The van der Waals surface area contributed by atoms with Gasteiger partial charge >= 0.3 is 0 Å². The molecular weight excluding hydrogens is 382 g/mol. The Labute approximate surface area is 166 Å². The summed E-state index contributed by atoms with van der Waals surface area (Å²) in [4.78, 5) is 37.3. The van der Waals surface area contributed by atoms with Gasteiger partial charge in [-0.2, -0.15) is 0 Å². The highest BCUT2D eigenvalue weighted by molar-refractivity contribution is 6.46. The van der Waals surface area contributed by atoms with Gasteiger partial charge in [-0.15, -0.1) is 0 Å². The lowest BCUT2D eigenvalue weighted by molar-refractivity contribution is -0.305. The number of aliphatic carboxylic acids is 1. The standard InChI is InChI=1S/C21H18ClNO5/c1-12-2-4-13(5-3-12)18-17(19(26)14-6-8-15(22)9-7-14)20(27)21(28)23(18)11-10-16(24)25/h2-9,18,26H,10-11H2,1H3,(H,24,25)/p-1/t18-/m0/s1. The lowest BCUT2D eigenvalue weighted by Crippen LogP contribution is -2.34. The highest BCUT2D eigenvalue weighted by atomic mass is 35.5. The number of hydrogen-bond donors (Lipinski definition) is 1. The van der Waals surface area contributed by atoms with E-state index >= 15 is 0 Å². The third kappa shape index (κ3) is 3.77. The van der Waals surface area contributed by atoms with E-state index in [0.29, 0.717) is 16.1 Å². The number of carbonyl (C=O) groups is 3. The monoisotopic (exact) mass is 398 g/mol. The predicted molar refractivity (Wildman–Crippen MR) is 101 cm³/mol. The van der Waals surface area contributed by atoms with Gasteiger partial charge in [-0.05, 0) is 36.8 Å². The topological polar surface area (TPSA) is 97.7 Å². The van der Waals surface area contributed by atoms with Crippen molar-refractivity contribution in [2.24, 2.45) is 0 Å². The third-order valence-corrected chi connectivity index (χ3v) is 4.86. The molecule has 1 aliphatic heterocycles. The first kappa shape index (κ1) is 19.6. The molecule has 0 radical (unpaired) electrons. The van der Waals surface area contributed by atoms with E-state index in [4.69, 9.17) is 11.6 Å².